The number of oxazole rings is 1. The first-order chi connectivity index (χ1) is 25.4. The van der Waals surface area contributed by atoms with E-state index in [9.17, 15) is 37.5 Å². The number of carbonyl (C=O) groups excluding carboxylic acids is 5. The molecule has 1 saturated heterocycles. The minimum absolute atomic E-state index is 0.0562. The number of nitrogens with zero attached hydrogens (tertiary/aromatic N) is 3. The van der Waals surface area contributed by atoms with Crippen LogP contribution < -0.4 is 16.2 Å². The molecule has 17 heteroatoms. The van der Waals surface area contributed by atoms with Crippen molar-refractivity contribution >= 4 is 62.3 Å². The van der Waals surface area contributed by atoms with Crippen LogP contribution in [-0.2, 0) is 19.6 Å². The number of aromatic nitrogens is 1. The van der Waals surface area contributed by atoms with Crippen molar-refractivity contribution in [2.45, 2.75) is 69.7 Å². The molecular weight excluding hydrogens is 740 g/mol. The van der Waals surface area contributed by atoms with Gasteiger partial charge in [-0.3, -0.25) is 28.9 Å². The Hall–Kier alpha value is -5.00. The van der Waals surface area contributed by atoms with Crippen molar-refractivity contribution in [3.8, 4) is 0 Å². The summed E-state index contributed by atoms with van der Waals surface area (Å²) in [6.45, 7) is 7.34. The zero-order chi connectivity index (χ0) is 39.6. The number of imide groups is 3. The second-order valence-corrected chi connectivity index (χ2v) is 15.8. The van der Waals surface area contributed by atoms with Crippen LogP contribution >= 0.6 is 11.6 Å². The van der Waals surface area contributed by atoms with Crippen LogP contribution in [0.3, 0.4) is 0 Å². The predicted octanol–water partition coefficient (Wildman–Crippen LogP) is 3.40. The summed E-state index contributed by atoms with van der Waals surface area (Å²) in [5.74, 6) is -5.23. The van der Waals surface area contributed by atoms with E-state index in [1.807, 2.05) is 18.6 Å². The molecule has 5 amide bonds. The molecule has 2 heterocycles. The summed E-state index contributed by atoms with van der Waals surface area (Å²) in [6, 6.07) is 11.4. The van der Waals surface area contributed by atoms with Gasteiger partial charge in [-0.05, 0) is 98.0 Å². The van der Waals surface area contributed by atoms with Gasteiger partial charge in [-0.2, -0.15) is 0 Å². The quantitative estimate of drug-likeness (QED) is 0.151. The molecular formula is C37H41ClN6O9S. The first-order valence-corrected chi connectivity index (χ1v) is 19.0. The SMILES string of the molecule is CC(C)[C@@H](C(O)c1nc2cc(C(N)=O)ccc2o1)N1CCC[C@H]1C(=O)N(C(=O)c1ccc(C(=O)NS(=O)(=O)c2ccc(Cl)cc2)cc1)C(=O)[C@@H](N)C(C)C. The third-order valence-corrected chi connectivity index (χ3v) is 10.9. The lowest BCUT2D eigenvalue weighted by molar-refractivity contribution is -0.146. The topological polar surface area (TPSA) is 236 Å². The van der Waals surface area contributed by atoms with Gasteiger partial charge in [0.1, 0.15) is 11.6 Å². The summed E-state index contributed by atoms with van der Waals surface area (Å²) in [6.07, 6.45) is -0.612. The molecule has 0 spiro atoms. The molecule has 1 aliphatic heterocycles. The molecule has 1 aliphatic rings. The molecule has 286 valence electrons. The molecule has 0 saturated carbocycles. The number of amides is 5. The molecule has 3 aromatic carbocycles. The van der Waals surface area contributed by atoms with Gasteiger partial charge in [-0.25, -0.2) is 23.0 Å². The van der Waals surface area contributed by atoms with Gasteiger partial charge in [0.2, 0.25) is 11.8 Å². The molecule has 1 aromatic heterocycles. The van der Waals surface area contributed by atoms with Crippen molar-refractivity contribution < 1.29 is 41.9 Å². The number of fused-ring (bicyclic) bond motifs is 1. The van der Waals surface area contributed by atoms with Crippen molar-refractivity contribution in [3.63, 3.8) is 0 Å². The van der Waals surface area contributed by atoms with Gasteiger partial charge in [0, 0.05) is 27.8 Å². The minimum atomic E-state index is -4.25. The van der Waals surface area contributed by atoms with Crippen LogP contribution in [0, 0.1) is 11.8 Å². The van der Waals surface area contributed by atoms with Gasteiger partial charge >= 0.3 is 0 Å². The second-order valence-electron chi connectivity index (χ2n) is 13.7. The molecule has 0 bridgehead atoms. The minimum Gasteiger partial charge on any atom is -0.438 e. The number of nitrogens with two attached hydrogens (primary N) is 2. The molecule has 5 rings (SSSR count). The number of nitrogens with one attached hydrogen (secondary N) is 1. The van der Waals surface area contributed by atoms with E-state index in [2.05, 4.69) is 4.98 Å². The normalized spacial score (nSPS) is 16.6. The van der Waals surface area contributed by atoms with Gasteiger partial charge in [-0.1, -0.05) is 39.3 Å². The molecule has 6 N–H and O–H groups in total. The van der Waals surface area contributed by atoms with Crippen LogP contribution in [0.2, 0.25) is 5.02 Å². The van der Waals surface area contributed by atoms with Crippen LogP contribution in [0.15, 0.2) is 76.0 Å². The molecule has 54 heavy (non-hydrogen) atoms. The zero-order valence-corrected chi connectivity index (χ0v) is 31.5. The average Bonchev–Trinajstić information content (AvgIpc) is 3.78. The van der Waals surface area contributed by atoms with E-state index in [0.29, 0.717) is 34.0 Å². The first-order valence-electron chi connectivity index (χ1n) is 17.2. The number of aliphatic hydroxyl groups is 1. The summed E-state index contributed by atoms with van der Waals surface area (Å²) in [5, 5.41) is 12.0. The molecule has 1 unspecified atom stereocenters. The highest BCUT2D eigenvalue weighted by atomic mass is 35.5. The van der Waals surface area contributed by atoms with Gasteiger partial charge in [0.15, 0.2) is 5.58 Å². The molecule has 1 fully saturated rings. The van der Waals surface area contributed by atoms with Crippen LogP contribution in [0.1, 0.15) is 83.6 Å². The molecule has 0 aliphatic carbocycles. The maximum Gasteiger partial charge on any atom is 0.267 e. The summed E-state index contributed by atoms with van der Waals surface area (Å²) < 4.78 is 33.3. The maximum absolute atomic E-state index is 14.4. The number of sulfonamides is 1. The standard InChI is InChI=1S/C37H41ClN6O9S/c1-19(2)29(39)37(50)44(35(48)22-9-7-21(8-10-22)33(47)42-54(51,52)25-14-12-24(38)13-15-25)36(49)27-6-5-17-43(27)30(20(3)4)31(45)34-41-26-18-23(32(40)46)11-16-28(26)53-34/h7-16,18-20,27,29-31,45H,5-6,17,39H2,1-4H3,(H2,40,46)(H,42,47)/t27-,29-,30-,31?/m0/s1. The Labute approximate surface area is 316 Å². The average molecular weight is 781 g/mol. The number of likely N-dealkylation sites (tertiary alicyclic amines) is 1. The van der Waals surface area contributed by atoms with E-state index in [1.165, 1.54) is 66.7 Å². The number of carbonyl (C=O) groups is 5. The fraction of sp³-hybridized carbons (Fsp3) is 0.351. The van der Waals surface area contributed by atoms with Crippen LogP contribution in [0.4, 0.5) is 0 Å². The van der Waals surface area contributed by atoms with E-state index in [-0.39, 0.29) is 39.8 Å². The van der Waals surface area contributed by atoms with E-state index < -0.39 is 69.7 Å². The fourth-order valence-corrected chi connectivity index (χ4v) is 7.45. The van der Waals surface area contributed by atoms with Gasteiger partial charge in [0.05, 0.1) is 17.0 Å². The van der Waals surface area contributed by atoms with Crippen molar-refractivity contribution in [3.05, 3.63) is 94.3 Å². The summed E-state index contributed by atoms with van der Waals surface area (Å²) in [4.78, 5) is 73.4. The largest absolute Gasteiger partial charge is 0.438 e. The van der Waals surface area contributed by atoms with Gasteiger partial charge in [0.25, 0.3) is 33.7 Å². The highest BCUT2D eigenvalue weighted by Gasteiger charge is 2.46. The number of benzene rings is 3. The Morgan fingerprint density at radius 3 is 2.15 bits per heavy atom. The van der Waals surface area contributed by atoms with Crippen LogP contribution in [0.25, 0.3) is 11.1 Å². The second kappa shape index (κ2) is 16.2. The van der Waals surface area contributed by atoms with Crippen molar-refractivity contribution in [2.24, 2.45) is 23.3 Å². The third kappa shape index (κ3) is 8.37. The lowest BCUT2D eigenvalue weighted by atomic mass is 9.95. The summed E-state index contributed by atoms with van der Waals surface area (Å²) in [5.41, 5.74) is 12.2. The number of hydrogen-bond acceptors (Lipinski definition) is 12. The maximum atomic E-state index is 14.4. The summed E-state index contributed by atoms with van der Waals surface area (Å²) in [7, 11) is -4.25. The monoisotopic (exact) mass is 780 g/mol. The van der Waals surface area contributed by atoms with E-state index in [0.717, 1.165) is 0 Å². The van der Waals surface area contributed by atoms with E-state index in [4.69, 9.17) is 27.5 Å². The van der Waals surface area contributed by atoms with Crippen molar-refractivity contribution in [2.75, 3.05) is 6.54 Å². The number of hydrogen-bond donors (Lipinski definition) is 4. The highest BCUT2D eigenvalue weighted by Crippen LogP contribution is 2.34. The molecule has 15 nitrogen and oxygen atoms in total. The predicted molar refractivity (Wildman–Crippen MR) is 197 cm³/mol. The number of halogens is 1. The van der Waals surface area contributed by atoms with E-state index >= 15 is 0 Å². The number of aliphatic hydroxyl groups excluding tert-OH is 1. The number of primary amides is 1. The third-order valence-electron chi connectivity index (χ3n) is 9.30. The lowest BCUT2D eigenvalue weighted by Crippen LogP contribution is -2.58. The Morgan fingerprint density at radius 1 is 0.944 bits per heavy atom. The first kappa shape index (κ1) is 40.2. The number of rotatable bonds is 12. The van der Waals surface area contributed by atoms with Crippen molar-refractivity contribution in [1.29, 1.82) is 0 Å². The Bertz CT molecular complexity index is 2190. The summed E-state index contributed by atoms with van der Waals surface area (Å²) >= 11 is 5.84. The zero-order valence-electron chi connectivity index (χ0n) is 29.9. The van der Waals surface area contributed by atoms with Crippen LogP contribution in [0.5, 0.6) is 0 Å². The Kier molecular flexibility index (Phi) is 12.0. The highest BCUT2D eigenvalue weighted by molar-refractivity contribution is 7.90. The molecule has 4 aromatic rings. The van der Waals surface area contributed by atoms with Gasteiger partial charge in [-0.15, -0.1) is 0 Å². The van der Waals surface area contributed by atoms with Crippen molar-refractivity contribution in [1.82, 2.24) is 19.5 Å². The molecule has 0 radical (unpaired) electrons. The lowest BCUT2D eigenvalue weighted by Gasteiger charge is -2.38. The van der Waals surface area contributed by atoms with Gasteiger partial charge < -0.3 is 21.0 Å². The smallest absolute Gasteiger partial charge is 0.267 e. The van der Waals surface area contributed by atoms with E-state index in [1.54, 1.807) is 18.7 Å². The Morgan fingerprint density at radius 2 is 1.56 bits per heavy atom. The fourth-order valence-electron chi connectivity index (χ4n) is 6.35. The molecule has 4 atom stereocenters. The van der Waals surface area contributed by atoms with Crippen LogP contribution in [-0.4, -0.2) is 82.5 Å². The Balaban J connectivity index is 1.42.